The number of halogens is 4. The summed E-state index contributed by atoms with van der Waals surface area (Å²) in [7, 11) is 0. The first-order chi connectivity index (χ1) is 16.3. The van der Waals surface area contributed by atoms with Crippen molar-refractivity contribution in [2.24, 2.45) is 5.92 Å². The molecule has 2 unspecified atom stereocenters. The lowest BCUT2D eigenvalue weighted by atomic mass is 9.89. The van der Waals surface area contributed by atoms with Crippen molar-refractivity contribution in [1.29, 1.82) is 0 Å². The highest BCUT2D eigenvalue weighted by molar-refractivity contribution is 6.44. The first-order valence-electron chi connectivity index (χ1n) is 10.5. The van der Waals surface area contributed by atoms with Crippen molar-refractivity contribution in [1.82, 2.24) is 0 Å². The molecule has 0 amide bonds. The zero-order valence-corrected chi connectivity index (χ0v) is 21.4. The molecule has 3 rings (SSSR count). The van der Waals surface area contributed by atoms with Crippen molar-refractivity contribution in [2.45, 2.75) is 19.9 Å². The molecule has 1 aliphatic rings. The molecule has 0 aliphatic heterocycles. The van der Waals surface area contributed by atoms with Gasteiger partial charge in [-0.05, 0) is 50.3 Å². The Hall–Kier alpha value is -2.38. The maximum absolute atomic E-state index is 12.9. The van der Waals surface area contributed by atoms with Crippen molar-refractivity contribution in [3.05, 3.63) is 79.9 Å². The van der Waals surface area contributed by atoms with Gasteiger partial charge in [0.05, 0.1) is 56.3 Å². The number of rotatable bonds is 8. The van der Waals surface area contributed by atoms with E-state index in [-0.39, 0.29) is 28.8 Å². The van der Waals surface area contributed by atoms with Crippen molar-refractivity contribution in [2.75, 3.05) is 23.8 Å². The van der Waals surface area contributed by atoms with E-state index in [1.165, 1.54) is 0 Å². The molecule has 2 atom stereocenters. The monoisotopic (exact) mass is 542 g/mol. The molecule has 0 heterocycles. The first-order valence-corrected chi connectivity index (χ1v) is 12.0. The minimum atomic E-state index is -0.811. The van der Waals surface area contributed by atoms with Crippen molar-refractivity contribution in [3.63, 3.8) is 0 Å². The lowest BCUT2D eigenvalue weighted by Gasteiger charge is -2.29. The minimum Gasteiger partial charge on any atom is -0.465 e. The van der Waals surface area contributed by atoms with E-state index in [0.717, 1.165) is 0 Å². The lowest BCUT2D eigenvalue weighted by molar-refractivity contribution is -0.146. The van der Waals surface area contributed by atoms with Crippen LogP contribution in [0.3, 0.4) is 0 Å². The SMILES string of the molecule is CCOC(=O)C1=CC(Nc2cccc(Cl)c2Cl)C(C(=O)OCC)C=C1Nc1cccc(Cl)c1Cl. The van der Waals surface area contributed by atoms with Gasteiger partial charge in [-0.3, -0.25) is 4.79 Å². The topological polar surface area (TPSA) is 76.7 Å². The maximum Gasteiger partial charge on any atom is 0.339 e. The summed E-state index contributed by atoms with van der Waals surface area (Å²) in [6.45, 7) is 3.77. The second-order valence-electron chi connectivity index (χ2n) is 7.16. The Morgan fingerprint density at radius 2 is 1.44 bits per heavy atom. The van der Waals surface area contributed by atoms with E-state index in [0.29, 0.717) is 27.1 Å². The molecule has 2 aromatic rings. The second kappa shape index (κ2) is 11.8. The van der Waals surface area contributed by atoms with Crippen LogP contribution in [0.15, 0.2) is 59.8 Å². The number of ether oxygens (including phenoxy) is 2. The molecule has 180 valence electrons. The number of esters is 2. The van der Waals surface area contributed by atoms with E-state index in [1.54, 1.807) is 62.4 Å². The third kappa shape index (κ3) is 5.99. The van der Waals surface area contributed by atoms with Crippen molar-refractivity contribution in [3.8, 4) is 0 Å². The van der Waals surface area contributed by atoms with E-state index in [9.17, 15) is 9.59 Å². The Labute approximate surface area is 217 Å². The van der Waals surface area contributed by atoms with Crippen LogP contribution in [0.4, 0.5) is 11.4 Å². The number of carbonyl (C=O) groups excluding carboxylic acids is 2. The van der Waals surface area contributed by atoms with Gasteiger partial charge in [-0.2, -0.15) is 0 Å². The van der Waals surface area contributed by atoms with Crippen molar-refractivity contribution < 1.29 is 19.1 Å². The number of anilines is 2. The predicted molar refractivity (Wildman–Crippen MR) is 137 cm³/mol. The highest BCUT2D eigenvalue weighted by Crippen LogP contribution is 2.36. The fourth-order valence-electron chi connectivity index (χ4n) is 3.37. The molecule has 0 fully saturated rings. The number of nitrogens with one attached hydrogen (secondary N) is 2. The Morgan fingerprint density at radius 3 is 2.06 bits per heavy atom. The molecule has 0 bridgehead atoms. The molecular formula is C24H22Cl4N2O4. The van der Waals surface area contributed by atoms with E-state index in [4.69, 9.17) is 55.9 Å². The van der Waals surface area contributed by atoms with Gasteiger partial charge in [0.25, 0.3) is 0 Å². The zero-order valence-electron chi connectivity index (χ0n) is 18.3. The summed E-state index contributed by atoms with van der Waals surface area (Å²) in [5, 5.41) is 7.53. The molecule has 0 radical (unpaired) electrons. The summed E-state index contributed by atoms with van der Waals surface area (Å²) in [5.41, 5.74) is 1.49. The molecule has 0 aromatic heterocycles. The van der Waals surface area contributed by atoms with Crippen LogP contribution in [0.1, 0.15) is 13.8 Å². The van der Waals surface area contributed by atoms with Gasteiger partial charge in [-0.1, -0.05) is 58.5 Å². The summed E-state index contributed by atoms with van der Waals surface area (Å²) >= 11 is 24.9. The summed E-state index contributed by atoms with van der Waals surface area (Å²) in [6, 6.07) is 9.46. The van der Waals surface area contributed by atoms with E-state index >= 15 is 0 Å². The van der Waals surface area contributed by atoms with E-state index in [1.807, 2.05) is 0 Å². The molecule has 2 N–H and O–H groups in total. The number of hydrogen-bond donors (Lipinski definition) is 2. The van der Waals surface area contributed by atoms with Gasteiger partial charge in [0.1, 0.15) is 5.92 Å². The Kier molecular flexibility index (Phi) is 9.14. The average Bonchev–Trinajstić information content (AvgIpc) is 2.80. The van der Waals surface area contributed by atoms with Gasteiger partial charge in [-0.15, -0.1) is 0 Å². The van der Waals surface area contributed by atoms with Crippen LogP contribution < -0.4 is 10.6 Å². The summed E-state index contributed by atoms with van der Waals surface area (Å²) in [5.74, 6) is -1.88. The summed E-state index contributed by atoms with van der Waals surface area (Å²) < 4.78 is 10.5. The molecule has 6 nitrogen and oxygen atoms in total. The zero-order chi connectivity index (χ0) is 24.8. The van der Waals surface area contributed by atoms with Gasteiger partial charge in [0, 0.05) is 5.70 Å². The Balaban J connectivity index is 2.06. The second-order valence-corrected chi connectivity index (χ2v) is 8.73. The molecule has 10 heteroatoms. The minimum absolute atomic E-state index is 0.168. The van der Waals surface area contributed by atoms with Gasteiger partial charge < -0.3 is 20.1 Å². The van der Waals surface area contributed by atoms with Crippen LogP contribution in [0.5, 0.6) is 0 Å². The maximum atomic E-state index is 12.9. The highest BCUT2D eigenvalue weighted by atomic mass is 35.5. The molecule has 0 spiro atoms. The smallest absolute Gasteiger partial charge is 0.339 e. The van der Waals surface area contributed by atoms with Gasteiger partial charge in [-0.25, -0.2) is 4.79 Å². The fourth-order valence-corrected chi connectivity index (χ4v) is 4.07. The van der Waals surface area contributed by atoms with Crippen LogP contribution in [-0.4, -0.2) is 31.2 Å². The van der Waals surface area contributed by atoms with E-state index < -0.39 is 23.9 Å². The molecular weight excluding hydrogens is 522 g/mol. The average molecular weight is 544 g/mol. The third-order valence-corrected chi connectivity index (χ3v) is 6.56. The quantitative estimate of drug-likeness (QED) is 0.358. The summed E-state index contributed by atoms with van der Waals surface area (Å²) in [4.78, 5) is 25.7. The number of carbonyl (C=O) groups is 2. The van der Waals surface area contributed by atoms with Crippen LogP contribution in [-0.2, 0) is 19.1 Å². The van der Waals surface area contributed by atoms with Crippen LogP contribution >= 0.6 is 46.4 Å². The fraction of sp³-hybridized carbons (Fsp3) is 0.250. The van der Waals surface area contributed by atoms with Gasteiger partial charge in [0.2, 0.25) is 0 Å². The largest absolute Gasteiger partial charge is 0.465 e. The standard InChI is InChI=1S/C24H22Cl4N2O4/c1-3-33-23(31)13-11-20(30-18-10-6-8-16(26)22(18)28)14(24(32)34-4-2)12-19(13)29-17-9-5-7-15(25)21(17)27/h5-13,19,29-30H,3-4H2,1-2H3. The van der Waals surface area contributed by atoms with Crippen LogP contribution in [0, 0.1) is 5.92 Å². The van der Waals surface area contributed by atoms with Crippen LogP contribution in [0.25, 0.3) is 0 Å². The van der Waals surface area contributed by atoms with Gasteiger partial charge in [0.15, 0.2) is 0 Å². The third-order valence-electron chi connectivity index (χ3n) is 4.92. The Morgan fingerprint density at radius 1 is 0.853 bits per heavy atom. The lowest BCUT2D eigenvalue weighted by Crippen LogP contribution is -2.37. The molecule has 2 aromatic carbocycles. The molecule has 1 aliphatic carbocycles. The normalized spacial score (nSPS) is 17.4. The van der Waals surface area contributed by atoms with Gasteiger partial charge >= 0.3 is 11.9 Å². The highest BCUT2D eigenvalue weighted by Gasteiger charge is 2.34. The molecule has 34 heavy (non-hydrogen) atoms. The van der Waals surface area contributed by atoms with Crippen LogP contribution in [0.2, 0.25) is 20.1 Å². The Bertz CT molecular complexity index is 1150. The van der Waals surface area contributed by atoms with E-state index in [2.05, 4.69) is 10.6 Å². The number of benzene rings is 2. The molecule has 0 saturated heterocycles. The predicted octanol–water partition coefficient (Wildman–Crippen LogP) is 6.76. The van der Waals surface area contributed by atoms with Crippen molar-refractivity contribution >= 4 is 69.7 Å². The summed E-state index contributed by atoms with van der Waals surface area (Å²) in [6.07, 6.45) is 3.19. The number of hydrogen-bond acceptors (Lipinski definition) is 6. The first kappa shape index (κ1) is 26.2. The molecule has 0 saturated carbocycles.